The van der Waals surface area contributed by atoms with E-state index in [0.29, 0.717) is 6.04 Å². The first-order chi connectivity index (χ1) is 9.29. The van der Waals surface area contributed by atoms with Crippen LogP contribution in [-0.2, 0) is 0 Å². The van der Waals surface area contributed by atoms with E-state index in [-0.39, 0.29) is 0 Å². The van der Waals surface area contributed by atoms with Crippen LogP contribution in [0.25, 0.3) is 5.65 Å². The molecule has 1 atom stereocenters. The molecule has 0 aromatic carbocycles. The fourth-order valence-electron chi connectivity index (χ4n) is 2.80. The molecule has 2 aromatic rings. The summed E-state index contributed by atoms with van der Waals surface area (Å²) in [7, 11) is 0. The number of likely N-dealkylation sites (N-methyl/N-ethyl adjacent to an activating group) is 1. The number of hydrogen-bond acceptors (Lipinski definition) is 5. The number of rotatable bonds is 2. The van der Waals surface area contributed by atoms with Crippen LogP contribution < -0.4 is 4.90 Å². The van der Waals surface area contributed by atoms with Gasteiger partial charge in [0.25, 0.3) is 0 Å². The van der Waals surface area contributed by atoms with Crippen molar-refractivity contribution >= 4 is 11.5 Å². The largest absolute Gasteiger partial charge is 0.349 e. The van der Waals surface area contributed by atoms with Crippen LogP contribution in [0.15, 0.2) is 18.7 Å². The zero-order valence-electron chi connectivity index (χ0n) is 11.5. The minimum Gasteiger partial charge on any atom is -0.349 e. The molecule has 102 valence electrons. The Labute approximate surface area is 113 Å². The lowest BCUT2D eigenvalue weighted by Crippen LogP contribution is -2.39. The molecular weight excluding hydrogens is 240 g/mol. The summed E-state index contributed by atoms with van der Waals surface area (Å²) in [6.07, 6.45) is 6.59. The van der Waals surface area contributed by atoms with Gasteiger partial charge in [-0.05, 0) is 26.4 Å². The number of nitrogens with zero attached hydrogens (tertiary/aromatic N) is 6. The zero-order chi connectivity index (χ0) is 13.2. The van der Waals surface area contributed by atoms with Gasteiger partial charge in [-0.2, -0.15) is 0 Å². The molecule has 3 rings (SSSR count). The summed E-state index contributed by atoms with van der Waals surface area (Å²) in [5.74, 6) is 0.949. The molecule has 2 aromatic heterocycles. The van der Waals surface area contributed by atoms with Gasteiger partial charge < -0.3 is 9.80 Å². The normalized spacial score (nSPS) is 21.8. The van der Waals surface area contributed by atoms with Crippen LogP contribution in [0.4, 0.5) is 5.82 Å². The van der Waals surface area contributed by atoms with Crippen molar-refractivity contribution in [1.82, 2.24) is 24.5 Å². The van der Waals surface area contributed by atoms with Crippen LogP contribution in [-0.4, -0.2) is 56.7 Å². The van der Waals surface area contributed by atoms with Crippen LogP contribution >= 0.6 is 0 Å². The topological polar surface area (TPSA) is 49.6 Å². The van der Waals surface area contributed by atoms with E-state index in [2.05, 4.69) is 38.8 Å². The predicted octanol–water partition coefficient (Wildman–Crippen LogP) is 1.04. The van der Waals surface area contributed by atoms with Gasteiger partial charge in [-0.3, -0.25) is 4.40 Å². The Kier molecular flexibility index (Phi) is 3.33. The van der Waals surface area contributed by atoms with Gasteiger partial charge in [0.05, 0.1) is 0 Å². The van der Waals surface area contributed by atoms with E-state index in [1.807, 2.05) is 16.8 Å². The number of hydrogen-bond donors (Lipinski definition) is 0. The van der Waals surface area contributed by atoms with Gasteiger partial charge in [0.15, 0.2) is 5.82 Å². The van der Waals surface area contributed by atoms with Crippen molar-refractivity contribution in [1.29, 1.82) is 0 Å². The number of anilines is 1. The van der Waals surface area contributed by atoms with E-state index in [4.69, 9.17) is 0 Å². The van der Waals surface area contributed by atoms with Crippen LogP contribution in [0.1, 0.15) is 20.3 Å². The highest BCUT2D eigenvalue weighted by atomic mass is 15.3. The van der Waals surface area contributed by atoms with Crippen molar-refractivity contribution < 1.29 is 0 Å². The third-order valence-electron chi connectivity index (χ3n) is 3.84. The first-order valence-corrected chi connectivity index (χ1v) is 6.93. The van der Waals surface area contributed by atoms with Crippen molar-refractivity contribution in [3.05, 3.63) is 18.7 Å². The average Bonchev–Trinajstić information content (AvgIpc) is 2.82. The first kappa shape index (κ1) is 12.3. The Morgan fingerprint density at radius 3 is 3.11 bits per heavy atom. The Balaban J connectivity index is 1.94. The van der Waals surface area contributed by atoms with E-state index in [9.17, 15) is 0 Å². The minimum absolute atomic E-state index is 0.442. The molecule has 0 saturated carbocycles. The summed E-state index contributed by atoms with van der Waals surface area (Å²) in [5.41, 5.74) is 0.847. The lowest BCUT2D eigenvalue weighted by atomic mass is 10.2. The third kappa shape index (κ3) is 2.28. The molecule has 6 nitrogen and oxygen atoms in total. The third-order valence-corrected chi connectivity index (χ3v) is 3.84. The highest BCUT2D eigenvalue weighted by Gasteiger charge is 2.24. The maximum Gasteiger partial charge on any atom is 0.203 e. The molecule has 0 N–H and O–H groups in total. The molecule has 1 saturated heterocycles. The molecule has 1 aliphatic rings. The molecule has 0 spiro atoms. The summed E-state index contributed by atoms with van der Waals surface area (Å²) < 4.78 is 1.93. The Morgan fingerprint density at radius 2 is 2.26 bits per heavy atom. The van der Waals surface area contributed by atoms with Crippen LogP contribution in [0.2, 0.25) is 0 Å². The summed E-state index contributed by atoms with van der Waals surface area (Å²) in [5, 5.41) is 8.17. The van der Waals surface area contributed by atoms with E-state index < -0.39 is 0 Å². The van der Waals surface area contributed by atoms with Crippen molar-refractivity contribution in [2.24, 2.45) is 0 Å². The average molecular weight is 260 g/mol. The van der Waals surface area contributed by atoms with Gasteiger partial charge in [0.2, 0.25) is 5.65 Å². The molecule has 0 bridgehead atoms. The highest BCUT2D eigenvalue weighted by molar-refractivity contribution is 5.63. The van der Waals surface area contributed by atoms with E-state index in [1.54, 1.807) is 6.33 Å². The summed E-state index contributed by atoms with van der Waals surface area (Å²) in [6, 6.07) is 0.442. The van der Waals surface area contributed by atoms with Crippen LogP contribution in [0, 0.1) is 0 Å². The SMILES string of the molecule is CCN1CCCN(c2nccn3cnnc23)C(C)C1. The molecule has 0 radical (unpaired) electrons. The Hall–Kier alpha value is -1.69. The highest BCUT2D eigenvalue weighted by Crippen LogP contribution is 2.21. The van der Waals surface area contributed by atoms with Gasteiger partial charge in [-0.15, -0.1) is 10.2 Å². The maximum atomic E-state index is 4.53. The van der Waals surface area contributed by atoms with Gasteiger partial charge in [-0.1, -0.05) is 6.92 Å². The molecule has 1 aliphatic heterocycles. The van der Waals surface area contributed by atoms with Gasteiger partial charge in [-0.25, -0.2) is 4.98 Å². The predicted molar refractivity (Wildman–Crippen MR) is 74.3 cm³/mol. The Bertz CT molecular complexity index is 551. The lowest BCUT2D eigenvalue weighted by molar-refractivity contribution is 0.291. The Morgan fingerprint density at radius 1 is 1.37 bits per heavy atom. The minimum atomic E-state index is 0.442. The number of aromatic nitrogens is 4. The smallest absolute Gasteiger partial charge is 0.203 e. The maximum absolute atomic E-state index is 4.53. The molecule has 6 heteroatoms. The molecule has 0 amide bonds. The van der Waals surface area contributed by atoms with E-state index in [0.717, 1.165) is 44.1 Å². The summed E-state index contributed by atoms with van der Waals surface area (Å²) >= 11 is 0. The second-order valence-electron chi connectivity index (χ2n) is 5.10. The number of fused-ring (bicyclic) bond motifs is 1. The van der Waals surface area contributed by atoms with E-state index >= 15 is 0 Å². The summed E-state index contributed by atoms with van der Waals surface area (Å²) in [4.78, 5) is 9.39. The second kappa shape index (κ2) is 5.13. The monoisotopic (exact) mass is 260 g/mol. The molecule has 0 aliphatic carbocycles. The first-order valence-electron chi connectivity index (χ1n) is 6.93. The zero-order valence-corrected chi connectivity index (χ0v) is 11.5. The van der Waals surface area contributed by atoms with Crippen LogP contribution in [0.3, 0.4) is 0 Å². The van der Waals surface area contributed by atoms with Crippen LogP contribution in [0.5, 0.6) is 0 Å². The molecular formula is C13H20N6. The molecule has 1 unspecified atom stereocenters. The second-order valence-corrected chi connectivity index (χ2v) is 5.10. The van der Waals surface area contributed by atoms with Crippen molar-refractivity contribution in [3.63, 3.8) is 0 Å². The van der Waals surface area contributed by atoms with E-state index in [1.165, 1.54) is 0 Å². The quantitative estimate of drug-likeness (QED) is 0.807. The lowest BCUT2D eigenvalue weighted by Gasteiger charge is -2.29. The summed E-state index contributed by atoms with van der Waals surface area (Å²) in [6.45, 7) is 8.86. The van der Waals surface area contributed by atoms with Gasteiger partial charge in [0.1, 0.15) is 6.33 Å². The van der Waals surface area contributed by atoms with Gasteiger partial charge >= 0.3 is 0 Å². The standard InChI is InChI=1S/C13H20N6/c1-3-17-6-4-7-19(11(2)9-17)12-13-16-15-10-18(13)8-5-14-12/h5,8,10-11H,3-4,6-7,9H2,1-2H3. The molecule has 1 fully saturated rings. The molecule has 19 heavy (non-hydrogen) atoms. The molecule has 3 heterocycles. The van der Waals surface area contributed by atoms with Crippen molar-refractivity contribution in [2.45, 2.75) is 26.3 Å². The van der Waals surface area contributed by atoms with Crippen molar-refractivity contribution in [2.75, 3.05) is 31.1 Å². The fraction of sp³-hybridized carbons (Fsp3) is 0.615. The van der Waals surface area contributed by atoms with Crippen molar-refractivity contribution in [3.8, 4) is 0 Å². The van der Waals surface area contributed by atoms with Gasteiger partial charge in [0, 0.05) is 31.5 Å². The fourth-order valence-corrected chi connectivity index (χ4v) is 2.80.